The molecule has 78 valence electrons. The van der Waals surface area contributed by atoms with Crippen molar-refractivity contribution in [1.29, 1.82) is 0 Å². The molecule has 0 radical (unpaired) electrons. The number of nitrogens with zero attached hydrogens (tertiary/aromatic N) is 1. The Morgan fingerprint density at radius 3 is 2.64 bits per heavy atom. The fourth-order valence-electron chi connectivity index (χ4n) is 1.21. The van der Waals surface area contributed by atoms with Gasteiger partial charge in [-0.15, -0.1) is 0 Å². The van der Waals surface area contributed by atoms with Crippen molar-refractivity contribution in [2.45, 2.75) is 33.7 Å². The summed E-state index contributed by atoms with van der Waals surface area (Å²) < 4.78 is 0. The number of hydrogen-bond donors (Lipinski definition) is 1. The minimum Gasteiger partial charge on any atom is -0.310 e. The van der Waals surface area contributed by atoms with E-state index in [2.05, 4.69) is 44.1 Å². The van der Waals surface area contributed by atoms with Crippen molar-refractivity contribution >= 4 is 0 Å². The standard InChI is InChI=1S/C12H20N2/c1-10(14-9-12(2,3)4)11-6-5-7-13-8-11/h5-8,10,14H,9H2,1-4H3/t10-/m0/s1. The molecule has 2 nitrogen and oxygen atoms in total. The molecule has 0 aromatic carbocycles. The molecular formula is C12H20N2. The topological polar surface area (TPSA) is 24.9 Å². The number of rotatable bonds is 3. The van der Waals surface area contributed by atoms with E-state index >= 15 is 0 Å². The van der Waals surface area contributed by atoms with Gasteiger partial charge in [0.25, 0.3) is 0 Å². The Bertz CT molecular complexity index is 261. The fourth-order valence-corrected chi connectivity index (χ4v) is 1.21. The van der Waals surface area contributed by atoms with Crippen LogP contribution in [-0.4, -0.2) is 11.5 Å². The van der Waals surface area contributed by atoms with E-state index in [1.165, 1.54) is 5.56 Å². The molecule has 1 atom stereocenters. The van der Waals surface area contributed by atoms with Gasteiger partial charge in [-0.2, -0.15) is 0 Å². The largest absolute Gasteiger partial charge is 0.310 e. The van der Waals surface area contributed by atoms with Gasteiger partial charge in [0.1, 0.15) is 0 Å². The highest BCUT2D eigenvalue weighted by Gasteiger charge is 2.12. The third-order valence-electron chi connectivity index (χ3n) is 2.12. The molecule has 0 saturated carbocycles. The summed E-state index contributed by atoms with van der Waals surface area (Å²) in [6, 6.07) is 4.46. The first-order valence-corrected chi connectivity index (χ1v) is 5.12. The van der Waals surface area contributed by atoms with Gasteiger partial charge in [-0.3, -0.25) is 4.98 Å². The van der Waals surface area contributed by atoms with Crippen LogP contribution in [0, 0.1) is 5.41 Å². The molecule has 1 rings (SSSR count). The van der Waals surface area contributed by atoms with E-state index in [-0.39, 0.29) is 0 Å². The summed E-state index contributed by atoms with van der Waals surface area (Å²) in [4.78, 5) is 4.11. The Morgan fingerprint density at radius 2 is 2.14 bits per heavy atom. The highest BCUT2D eigenvalue weighted by Crippen LogP contribution is 2.15. The van der Waals surface area contributed by atoms with Crippen molar-refractivity contribution in [1.82, 2.24) is 10.3 Å². The molecule has 0 fully saturated rings. The molecule has 1 heterocycles. The summed E-state index contributed by atoms with van der Waals surface area (Å²) in [6.07, 6.45) is 3.72. The second kappa shape index (κ2) is 4.56. The maximum atomic E-state index is 4.11. The van der Waals surface area contributed by atoms with Gasteiger partial charge >= 0.3 is 0 Å². The number of pyridine rings is 1. The van der Waals surface area contributed by atoms with Gasteiger partial charge in [-0.25, -0.2) is 0 Å². The van der Waals surface area contributed by atoms with Crippen LogP contribution in [0.15, 0.2) is 24.5 Å². The molecule has 0 spiro atoms. The zero-order valence-corrected chi connectivity index (χ0v) is 9.54. The lowest BCUT2D eigenvalue weighted by molar-refractivity contribution is 0.359. The average Bonchev–Trinajstić information content (AvgIpc) is 2.14. The molecule has 1 N–H and O–H groups in total. The molecule has 14 heavy (non-hydrogen) atoms. The Balaban J connectivity index is 2.48. The van der Waals surface area contributed by atoms with Crippen LogP contribution in [0.25, 0.3) is 0 Å². The summed E-state index contributed by atoms with van der Waals surface area (Å²) in [6.45, 7) is 9.88. The van der Waals surface area contributed by atoms with E-state index in [1.807, 2.05) is 12.3 Å². The maximum Gasteiger partial charge on any atom is 0.0315 e. The van der Waals surface area contributed by atoms with Crippen LogP contribution in [0.5, 0.6) is 0 Å². The molecule has 2 heteroatoms. The fraction of sp³-hybridized carbons (Fsp3) is 0.583. The van der Waals surface area contributed by atoms with Gasteiger partial charge in [-0.05, 0) is 24.0 Å². The highest BCUT2D eigenvalue weighted by molar-refractivity contribution is 5.12. The van der Waals surface area contributed by atoms with E-state index in [9.17, 15) is 0 Å². The molecule has 0 aliphatic carbocycles. The quantitative estimate of drug-likeness (QED) is 0.796. The first-order chi connectivity index (χ1) is 6.49. The van der Waals surface area contributed by atoms with Crippen LogP contribution in [0.4, 0.5) is 0 Å². The molecule has 0 amide bonds. The van der Waals surface area contributed by atoms with E-state index < -0.39 is 0 Å². The second-order valence-electron chi connectivity index (χ2n) is 4.95. The lowest BCUT2D eigenvalue weighted by Crippen LogP contribution is -2.29. The maximum absolute atomic E-state index is 4.11. The van der Waals surface area contributed by atoms with Crippen molar-refractivity contribution < 1.29 is 0 Å². The van der Waals surface area contributed by atoms with Crippen LogP contribution in [0.2, 0.25) is 0 Å². The Labute approximate surface area is 86.8 Å². The van der Waals surface area contributed by atoms with Crippen molar-refractivity contribution in [2.75, 3.05) is 6.54 Å². The Hall–Kier alpha value is -0.890. The molecule has 1 aromatic heterocycles. The lowest BCUT2D eigenvalue weighted by atomic mass is 9.96. The Kier molecular flexibility index (Phi) is 3.64. The third-order valence-corrected chi connectivity index (χ3v) is 2.12. The first-order valence-electron chi connectivity index (χ1n) is 5.12. The van der Waals surface area contributed by atoms with E-state index in [1.54, 1.807) is 6.20 Å². The van der Waals surface area contributed by atoms with E-state index in [0.29, 0.717) is 11.5 Å². The molecule has 0 aliphatic heterocycles. The van der Waals surface area contributed by atoms with Crippen LogP contribution in [0.3, 0.4) is 0 Å². The van der Waals surface area contributed by atoms with Crippen molar-refractivity contribution in [3.8, 4) is 0 Å². The summed E-state index contributed by atoms with van der Waals surface area (Å²) in [5, 5.41) is 3.50. The predicted octanol–water partition coefficient (Wildman–Crippen LogP) is 2.78. The van der Waals surface area contributed by atoms with Gasteiger partial charge < -0.3 is 5.32 Å². The molecular weight excluding hydrogens is 172 g/mol. The lowest BCUT2D eigenvalue weighted by Gasteiger charge is -2.22. The van der Waals surface area contributed by atoms with Crippen LogP contribution in [0.1, 0.15) is 39.3 Å². The van der Waals surface area contributed by atoms with E-state index in [0.717, 1.165) is 6.54 Å². The van der Waals surface area contributed by atoms with Gasteiger partial charge in [0.15, 0.2) is 0 Å². The minimum absolute atomic E-state index is 0.330. The summed E-state index contributed by atoms with van der Waals surface area (Å²) in [7, 11) is 0. The van der Waals surface area contributed by atoms with Gasteiger partial charge in [0.05, 0.1) is 0 Å². The van der Waals surface area contributed by atoms with E-state index in [4.69, 9.17) is 0 Å². The monoisotopic (exact) mass is 192 g/mol. The molecule has 1 aromatic rings. The normalized spacial score (nSPS) is 14.0. The molecule has 0 unspecified atom stereocenters. The van der Waals surface area contributed by atoms with Crippen LogP contribution < -0.4 is 5.32 Å². The zero-order chi connectivity index (χ0) is 10.6. The Morgan fingerprint density at radius 1 is 1.43 bits per heavy atom. The first kappa shape index (κ1) is 11.2. The van der Waals surface area contributed by atoms with Crippen molar-refractivity contribution in [3.05, 3.63) is 30.1 Å². The van der Waals surface area contributed by atoms with Gasteiger partial charge in [0, 0.05) is 25.0 Å². The van der Waals surface area contributed by atoms with Gasteiger partial charge in [-0.1, -0.05) is 26.8 Å². The number of hydrogen-bond acceptors (Lipinski definition) is 2. The van der Waals surface area contributed by atoms with Crippen LogP contribution in [-0.2, 0) is 0 Å². The second-order valence-corrected chi connectivity index (χ2v) is 4.95. The molecule has 0 saturated heterocycles. The number of nitrogens with one attached hydrogen (secondary N) is 1. The van der Waals surface area contributed by atoms with Crippen LogP contribution >= 0.6 is 0 Å². The van der Waals surface area contributed by atoms with Gasteiger partial charge in [0.2, 0.25) is 0 Å². The highest BCUT2D eigenvalue weighted by atomic mass is 14.9. The van der Waals surface area contributed by atoms with Crippen molar-refractivity contribution in [2.24, 2.45) is 5.41 Å². The predicted molar refractivity (Wildman–Crippen MR) is 60.1 cm³/mol. The zero-order valence-electron chi connectivity index (χ0n) is 9.54. The number of aromatic nitrogens is 1. The molecule has 0 aliphatic rings. The minimum atomic E-state index is 0.330. The summed E-state index contributed by atoms with van der Waals surface area (Å²) in [5.41, 5.74) is 1.58. The molecule has 0 bridgehead atoms. The SMILES string of the molecule is C[C@H](NCC(C)(C)C)c1cccnc1. The smallest absolute Gasteiger partial charge is 0.0315 e. The average molecular weight is 192 g/mol. The third kappa shape index (κ3) is 3.88. The summed E-state index contributed by atoms with van der Waals surface area (Å²) >= 11 is 0. The van der Waals surface area contributed by atoms with Crippen molar-refractivity contribution in [3.63, 3.8) is 0 Å². The summed E-state index contributed by atoms with van der Waals surface area (Å²) in [5.74, 6) is 0.